The Morgan fingerprint density at radius 3 is 2.74 bits per heavy atom. The Labute approximate surface area is 222 Å². The molecule has 38 heavy (non-hydrogen) atoms. The van der Waals surface area contributed by atoms with E-state index in [0.29, 0.717) is 30.9 Å². The molecule has 2 fully saturated rings. The number of hydrogen-bond acceptors (Lipinski definition) is 8. The van der Waals surface area contributed by atoms with Crippen molar-refractivity contribution in [3.63, 3.8) is 0 Å². The number of hydrogen-bond donors (Lipinski definition) is 1. The van der Waals surface area contributed by atoms with Crippen molar-refractivity contribution in [2.24, 2.45) is 10.7 Å². The SMILES string of the molecule is CN=CC(=CN)CN1C2CCC1CN(c1ccc(-c3cc(C4=CCOCC4)cn4ncc(C#N)c34)cn1)C2. The monoisotopic (exact) mass is 508 g/mol. The first-order valence-corrected chi connectivity index (χ1v) is 13.2. The van der Waals surface area contributed by atoms with Gasteiger partial charge in [-0.05, 0) is 60.4 Å². The quantitative estimate of drug-likeness (QED) is 0.509. The average molecular weight is 509 g/mol. The van der Waals surface area contributed by atoms with Crippen molar-refractivity contribution in [1.82, 2.24) is 19.5 Å². The summed E-state index contributed by atoms with van der Waals surface area (Å²) in [6, 6.07) is 9.64. The Bertz CT molecular complexity index is 1450. The van der Waals surface area contributed by atoms with Crippen molar-refractivity contribution in [2.75, 3.05) is 44.8 Å². The van der Waals surface area contributed by atoms with E-state index in [2.05, 4.69) is 50.2 Å². The van der Waals surface area contributed by atoms with Crippen LogP contribution in [0.1, 0.15) is 30.4 Å². The fraction of sp³-hybridized carbons (Fsp3) is 0.379. The van der Waals surface area contributed by atoms with Gasteiger partial charge in [0, 0.05) is 68.5 Å². The maximum absolute atomic E-state index is 9.73. The molecule has 3 aliphatic rings. The molecule has 3 aromatic heterocycles. The van der Waals surface area contributed by atoms with E-state index in [9.17, 15) is 5.26 Å². The summed E-state index contributed by atoms with van der Waals surface area (Å²) in [6.45, 7) is 4.06. The largest absolute Gasteiger partial charge is 0.404 e. The number of rotatable bonds is 6. The van der Waals surface area contributed by atoms with Gasteiger partial charge in [0.15, 0.2) is 0 Å². The number of aliphatic imine (C=N–C) groups is 1. The molecule has 2 bridgehead atoms. The molecular weight excluding hydrogens is 476 g/mol. The van der Waals surface area contributed by atoms with Crippen molar-refractivity contribution in [3.05, 3.63) is 65.8 Å². The van der Waals surface area contributed by atoms with Crippen LogP contribution in [0.5, 0.6) is 0 Å². The summed E-state index contributed by atoms with van der Waals surface area (Å²) >= 11 is 0. The number of fused-ring (bicyclic) bond motifs is 3. The number of nitrogens with two attached hydrogens (primary N) is 1. The number of ether oxygens (including phenoxy) is 1. The van der Waals surface area contributed by atoms with Crippen LogP contribution >= 0.6 is 0 Å². The Morgan fingerprint density at radius 1 is 1.24 bits per heavy atom. The Balaban J connectivity index is 1.27. The molecule has 2 saturated heterocycles. The van der Waals surface area contributed by atoms with E-state index in [1.807, 2.05) is 23.1 Å². The van der Waals surface area contributed by atoms with Crippen LogP contribution < -0.4 is 10.6 Å². The van der Waals surface area contributed by atoms with Crippen LogP contribution in [0.15, 0.2) is 59.6 Å². The maximum Gasteiger partial charge on any atom is 0.128 e. The van der Waals surface area contributed by atoms with Crippen molar-refractivity contribution >= 4 is 23.1 Å². The topological polar surface area (TPSA) is 108 Å². The number of nitrogens with zero attached hydrogens (tertiary/aromatic N) is 7. The zero-order chi connectivity index (χ0) is 26.1. The Morgan fingerprint density at radius 2 is 2.08 bits per heavy atom. The highest BCUT2D eigenvalue weighted by molar-refractivity contribution is 5.87. The number of piperazine rings is 1. The van der Waals surface area contributed by atoms with Crippen LogP contribution in [-0.4, -0.2) is 77.7 Å². The maximum atomic E-state index is 9.73. The minimum absolute atomic E-state index is 0.476. The lowest BCUT2D eigenvalue weighted by Gasteiger charge is -2.41. The second-order valence-electron chi connectivity index (χ2n) is 10.2. The minimum atomic E-state index is 0.476. The lowest BCUT2D eigenvalue weighted by atomic mass is 9.98. The summed E-state index contributed by atoms with van der Waals surface area (Å²) in [6.07, 6.45) is 14.4. The van der Waals surface area contributed by atoms with E-state index < -0.39 is 0 Å². The molecule has 9 heteroatoms. The average Bonchev–Trinajstić information content (AvgIpc) is 3.48. The van der Waals surface area contributed by atoms with E-state index in [4.69, 9.17) is 15.5 Å². The molecule has 3 aliphatic heterocycles. The van der Waals surface area contributed by atoms with Gasteiger partial charge in [-0.3, -0.25) is 9.89 Å². The van der Waals surface area contributed by atoms with Crippen molar-refractivity contribution in [1.29, 1.82) is 5.26 Å². The number of anilines is 1. The second-order valence-corrected chi connectivity index (χ2v) is 10.2. The highest BCUT2D eigenvalue weighted by Crippen LogP contribution is 2.35. The van der Waals surface area contributed by atoms with E-state index in [1.54, 1.807) is 19.4 Å². The lowest BCUT2D eigenvalue weighted by molar-refractivity contribution is 0.161. The fourth-order valence-electron chi connectivity index (χ4n) is 6.07. The van der Waals surface area contributed by atoms with Crippen LogP contribution in [0, 0.1) is 11.3 Å². The van der Waals surface area contributed by atoms with Gasteiger partial charge in [0.25, 0.3) is 0 Å². The van der Waals surface area contributed by atoms with Crippen LogP contribution in [-0.2, 0) is 4.74 Å². The van der Waals surface area contributed by atoms with Gasteiger partial charge >= 0.3 is 0 Å². The van der Waals surface area contributed by atoms with Gasteiger partial charge in [0.2, 0.25) is 0 Å². The highest BCUT2D eigenvalue weighted by Gasteiger charge is 2.40. The van der Waals surface area contributed by atoms with Gasteiger partial charge in [-0.25, -0.2) is 9.50 Å². The molecule has 9 nitrogen and oxygen atoms in total. The third-order valence-electron chi connectivity index (χ3n) is 7.96. The first-order chi connectivity index (χ1) is 18.7. The number of aromatic nitrogens is 3. The molecule has 2 atom stereocenters. The smallest absolute Gasteiger partial charge is 0.128 e. The van der Waals surface area contributed by atoms with Gasteiger partial charge in [0.05, 0.1) is 30.5 Å². The Hall–Kier alpha value is -4.00. The zero-order valence-electron chi connectivity index (χ0n) is 21.6. The van der Waals surface area contributed by atoms with Crippen molar-refractivity contribution < 1.29 is 4.74 Å². The second kappa shape index (κ2) is 10.4. The van der Waals surface area contributed by atoms with Gasteiger partial charge in [0.1, 0.15) is 11.9 Å². The van der Waals surface area contributed by atoms with E-state index in [-0.39, 0.29) is 0 Å². The molecule has 194 valence electrons. The minimum Gasteiger partial charge on any atom is -0.404 e. The molecule has 0 radical (unpaired) electrons. The lowest BCUT2D eigenvalue weighted by Crippen LogP contribution is -2.54. The predicted molar refractivity (Wildman–Crippen MR) is 149 cm³/mol. The number of nitriles is 1. The summed E-state index contributed by atoms with van der Waals surface area (Å²) in [4.78, 5) is 14.0. The summed E-state index contributed by atoms with van der Waals surface area (Å²) in [5.41, 5.74) is 12.5. The van der Waals surface area contributed by atoms with Crippen LogP contribution in [0.2, 0.25) is 0 Å². The molecule has 0 amide bonds. The highest BCUT2D eigenvalue weighted by atomic mass is 16.5. The van der Waals surface area contributed by atoms with E-state index in [0.717, 1.165) is 59.7 Å². The van der Waals surface area contributed by atoms with Gasteiger partial charge in [-0.1, -0.05) is 6.08 Å². The van der Waals surface area contributed by atoms with Crippen molar-refractivity contribution in [3.8, 4) is 17.2 Å². The van der Waals surface area contributed by atoms with Gasteiger partial charge in [-0.2, -0.15) is 10.4 Å². The summed E-state index contributed by atoms with van der Waals surface area (Å²) in [7, 11) is 1.78. The van der Waals surface area contributed by atoms with Crippen LogP contribution in [0.25, 0.3) is 22.2 Å². The number of pyridine rings is 2. The first-order valence-electron chi connectivity index (χ1n) is 13.2. The third kappa shape index (κ3) is 4.46. The predicted octanol–water partition coefficient (Wildman–Crippen LogP) is 3.27. The normalized spacial score (nSPS) is 22.3. The van der Waals surface area contributed by atoms with E-state index >= 15 is 0 Å². The molecule has 0 aromatic carbocycles. The third-order valence-corrected chi connectivity index (χ3v) is 7.96. The molecule has 0 spiro atoms. The molecule has 6 rings (SSSR count). The fourth-order valence-corrected chi connectivity index (χ4v) is 6.07. The zero-order valence-corrected chi connectivity index (χ0v) is 21.6. The van der Waals surface area contributed by atoms with Crippen LogP contribution in [0.3, 0.4) is 0 Å². The summed E-state index contributed by atoms with van der Waals surface area (Å²) in [5.74, 6) is 0.989. The van der Waals surface area contributed by atoms with Crippen LogP contribution in [0.4, 0.5) is 5.82 Å². The van der Waals surface area contributed by atoms with Gasteiger partial charge < -0.3 is 15.4 Å². The molecular formula is C29H32N8O. The first kappa shape index (κ1) is 24.3. The van der Waals surface area contributed by atoms with Crippen molar-refractivity contribution in [2.45, 2.75) is 31.3 Å². The van der Waals surface area contributed by atoms with Gasteiger partial charge in [-0.15, -0.1) is 0 Å². The molecule has 2 unspecified atom stereocenters. The van der Waals surface area contributed by atoms with E-state index in [1.165, 1.54) is 18.4 Å². The molecule has 0 saturated carbocycles. The standard InChI is InChI=1S/C29H32N8O/c1-32-13-20(11-30)16-36-25-3-4-26(36)19-35(18-25)28-5-2-22(14-33-28)27-10-23(21-6-8-38-9-7-21)17-37-29(27)24(12-31)15-34-37/h2,5-6,10-11,13-15,17,25-26H,3-4,7-9,16,18-19,30H2,1H3. The summed E-state index contributed by atoms with van der Waals surface area (Å²) < 4.78 is 7.32. The molecule has 3 aromatic rings. The molecule has 6 heterocycles. The molecule has 2 N–H and O–H groups in total. The summed E-state index contributed by atoms with van der Waals surface area (Å²) in [5, 5.41) is 14.2. The molecule has 0 aliphatic carbocycles. The Kier molecular flexibility index (Phi) is 6.66.